The van der Waals surface area contributed by atoms with Crippen LogP contribution in [-0.4, -0.2) is 35.7 Å². The largest absolute Gasteiger partial charge is 0.396 e. The van der Waals surface area contributed by atoms with Gasteiger partial charge in [-0.2, -0.15) is 0 Å². The highest BCUT2D eigenvalue weighted by Gasteiger charge is 2.30. The van der Waals surface area contributed by atoms with Gasteiger partial charge in [-0.05, 0) is 43.7 Å². The zero-order valence-corrected chi connectivity index (χ0v) is 11.0. The van der Waals surface area contributed by atoms with Crippen molar-refractivity contribution in [2.24, 2.45) is 5.73 Å². The molecule has 0 bridgehead atoms. The minimum atomic E-state index is 0.302. The lowest BCUT2D eigenvalue weighted by Crippen LogP contribution is -2.37. The third kappa shape index (κ3) is 3.07. The van der Waals surface area contributed by atoms with E-state index in [9.17, 15) is 0 Å². The molecule has 1 aliphatic rings. The predicted molar refractivity (Wildman–Crippen MR) is 72.2 cm³/mol. The van der Waals surface area contributed by atoms with Crippen molar-refractivity contribution in [2.45, 2.75) is 37.8 Å². The van der Waals surface area contributed by atoms with Crippen molar-refractivity contribution in [3.05, 3.63) is 22.4 Å². The first kappa shape index (κ1) is 13.0. The Hall–Kier alpha value is -0.420. The molecule has 2 atom stereocenters. The first-order valence-corrected chi connectivity index (χ1v) is 7.35. The van der Waals surface area contributed by atoms with Crippen LogP contribution in [0.1, 0.15) is 36.6 Å². The number of nitrogens with two attached hydrogens (primary N) is 1. The van der Waals surface area contributed by atoms with Crippen LogP contribution < -0.4 is 5.73 Å². The summed E-state index contributed by atoms with van der Waals surface area (Å²) >= 11 is 1.80. The van der Waals surface area contributed by atoms with E-state index >= 15 is 0 Å². The van der Waals surface area contributed by atoms with Gasteiger partial charge >= 0.3 is 0 Å². The van der Waals surface area contributed by atoms with E-state index in [2.05, 4.69) is 22.4 Å². The highest BCUT2D eigenvalue weighted by Crippen LogP contribution is 2.32. The molecule has 0 radical (unpaired) electrons. The van der Waals surface area contributed by atoms with Crippen LogP contribution >= 0.6 is 11.3 Å². The van der Waals surface area contributed by atoms with Gasteiger partial charge in [0.05, 0.1) is 6.04 Å². The van der Waals surface area contributed by atoms with E-state index in [1.165, 1.54) is 17.7 Å². The van der Waals surface area contributed by atoms with Crippen LogP contribution in [0.2, 0.25) is 0 Å². The summed E-state index contributed by atoms with van der Waals surface area (Å²) in [6, 6.07) is 5.27. The Kier molecular flexibility index (Phi) is 4.98. The van der Waals surface area contributed by atoms with Gasteiger partial charge in [0.1, 0.15) is 0 Å². The molecule has 1 aromatic rings. The lowest BCUT2D eigenvalue weighted by molar-refractivity contribution is 0.167. The molecule has 17 heavy (non-hydrogen) atoms. The number of hydrogen-bond donors (Lipinski definition) is 2. The van der Waals surface area contributed by atoms with Gasteiger partial charge in [0.25, 0.3) is 0 Å². The van der Waals surface area contributed by atoms with Gasteiger partial charge in [0, 0.05) is 24.1 Å². The number of likely N-dealkylation sites (tertiary alicyclic amines) is 1. The van der Waals surface area contributed by atoms with E-state index < -0.39 is 0 Å². The maximum absolute atomic E-state index is 8.95. The Balaban J connectivity index is 2.03. The molecule has 0 aromatic carbocycles. The van der Waals surface area contributed by atoms with Crippen LogP contribution in [-0.2, 0) is 0 Å². The Morgan fingerprint density at radius 2 is 2.47 bits per heavy atom. The van der Waals surface area contributed by atoms with Crippen LogP contribution in [0, 0.1) is 0 Å². The zero-order valence-electron chi connectivity index (χ0n) is 10.2. The van der Waals surface area contributed by atoms with Gasteiger partial charge in [-0.15, -0.1) is 11.3 Å². The average Bonchev–Trinajstić information content (AvgIpc) is 2.99. The van der Waals surface area contributed by atoms with Gasteiger partial charge < -0.3 is 10.8 Å². The van der Waals surface area contributed by atoms with Crippen LogP contribution in [0.4, 0.5) is 0 Å². The smallest absolute Gasteiger partial charge is 0.0566 e. The second kappa shape index (κ2) is 6.50. The van der Waals surface area contributed by atoms with Crippen molar-refractivity contribution in [1.82, 2.24) is 4.90 Å². The van der Waals surface area contributed by atoms with Crippen molar-refractivity contribution in [1.29, 1.82) is 0 Å². The Morgan fingerprint density at radius 1 is 1.59 bits per heavy atom. The quantitative estimate of drug-likeness (QED) is 0.816. The summed E-state index contributed by atoms with van der Waals surface area (Å²) in [6.45, 7) is 2.14. The third-order valence-corrected chi connectivity index (χ3v) is 4.59. The molecule has 96 valence electrons. The highest BCUT2D eigenvalue weighted by molar-refractivity contribution is 7.10. The summed E-state index contributed by atoms with van der Waals surface area (Å²) in [5, 5.41) is 11.1. The summed E-state index contributed by atoms with van der Waals surface area (Å²) in [7, 11) is 0. The molecule has 2 rings (SSSR count). The molecular formula is C13H22N2OS. The van der Waals surface area contributed by atoms with Crippen molar-refractivity contribution >= 4 is 11.3 Å². The molecule has 2 unspecified atom stereocenters. The fourth-order valence-corrected chi connectivity index (χ4v) is 3.66. The molecule has 2 heterocycles. The predicted octanol–water partition coefficient (Wildman–Crippen LogP) is 1.98. The molecule has 1 aliphatic heterocycles. The van der Waals surface area contributed by atoms with E-state index in [1.54, 1.807) is 11.3 Å². The highest BCUT2D eigenvalue weighted by atomic mass is 32.1. The van der Waals surface area contributed by atoms with Gasteiger partial charge in [0.2, 0.25) is 0 Å². The van der Waals surface area contributed by atoms with Crippen molar-refractivity contribution in [3.8, 4) is 0 Å². The van der Waals surface area contributed by atoms with E-state index in [0.29, 0.717) is 25.2 Å². The Labute approximate surface area is 107 Å². The molecular weight excluding hydrogens is 232 g/mol. The van der Waals surface area contributed by atoms with Gasteiger partial charge in [-0.3, -0.25) is 4.90 Å². The second-order valence-electron chi connectivity index (χ2n) is 4.67. The summed E-state index contributed by atoms with van der Waals surface area (Å²) in [5.41, 5.74) is 5.95. The molecule has 1 fully saturated rings. The van der Waals surface area contributed by atoms with Gasteiger partial charge in [-0.1, -0.05) is 6.07 Å². The molecule has 1 aromatic heterocycles. The topological polar surface area (TPSA) is 49.5 Å². The number of hydrogen-bond acceptors (Lipinski definition) is 4. The summed E-state index contributed by atoms with van der Waals surface area (Å²) in [6.07, 6.45) is 4.51. The molecule has 0 spiro atoms. The van der Waals surface area contributed by atoms with E-state index in [1.807, 2.05) is 0 Å². The maximum Gasteiger partial charge on any atom is 0.0566 e. The molecule has 3 nitrogen and oxygen atoms in total. The van der Waals surface area contributed by atoms with E-state index in [-0.39, 0.29) is 0 Å². The summed E-state index contributed by atoms with van der Waals surface area (Å²) in [5.74, 6) is 0. The van der Waals surface area contributed by atoms with E-state index in [4.69, 9.17) is 10.8 Å². The SMILES string of the molecule is NCC(c1cccs1)N1CCCC1CCCO. The third-order valence-electron chi connectivity index (χ3n) is 3.61. The normalized spacial score (nSPS) is 23.1. The average molecular weight is 254 g/mol. The number of aliphatic hydroxyl groups is 1. The molecule has 4 heteroatoms. The number of nitrogens with zero attached hydrogens (tertiary/aromatic N) is 1. The first-order chi connectivity index (χ1) is 8.36. The molecule has 1 saturated heterocycles. The number of rotatable bonds is 6. The fraction of sp³-hybridized carbons (Fsp3) is 0.692. The number of thiophene rings is 1. The fourth-order valence-electron chi connectivity index (χ4n) is 2.80. The Bertz CT molecular complexity index is 315. The number of aliphatic hydroxyl groups excluding tert-OH is 1. The lowest BCUT2D eigenvalue weighted by atomic mass is 10.1. The first-order valence-electron chi connectivity index (χ1n) is 6.47. The Morgan fingerprint density at radius 3 is 3.12 bits per heavy atom. The molecule has 0 saturated carbocycles. The second-order valence-corrected chi connectivity index (χ2v) is 5.65. The van der Waals surface area contributed by atoms with Gasteiger partial charge in [0.15, 0.2) is 0 Å². The van der Waals surface area contributed by atoms with Gasteiger partial charge in [-0.25, -0.2) is 0 Å². The van der Waals surface area contributed by atoms with Crippen LogP contribution in [0.3, 0.4) is 0 Å². The van der Waals surface area contributed by atoms with Crippen molar-refractivity contribution in [3.63, 3.8) is 0 Å². The van der Waals surface area contributed by atoms with Crippen LogP contribution in [0.5, 0.6) is 0 Å². The monoisotopic (exact) mass is 254 g/mol. The maximum atomic E-state index is 8.95. The molecule has 3 N–H and O–H groups in total. The lowest BCUT2D eigenvalue weighted by Gasteiger charge is -2.31. The molecule has 0 amide bonds. The van der Waals surface area contributed by atoms with E-state index in [0.717, 1.165) is 19.4 Å². The minimum absolute atomic E-state index is 0.302. The zero-order chi connectivity index (χ0) is 12.1. The van der Waals surface area contributed by atoms with Crippen LogP contribution in [0.15, 0.2) is 17.5 Å². The summed E-state index contributed by atoms with van der Waals surface area (Å²) < 4.78 is 0. The molecule has 0 aliphatic carbocycles. The van der Waals surface area contributed by atoms with Crippen LogP contribution in [0.25, 0.3) is 0 Å². The minimum Gasteiger partial charge on any atom is -0.396 e. The summed E-state index contributed by atoms with van der Waals surface area (Å²) in [4.78, 5) is 3.92. The van der Waals surface area contributed by atoms with Crippen molar-refractivity contribution in [2.75, 3.05) is 19.7 Å². The standard InChI is InChI=1S/C13H22N2OS/c14-10-12(13-6-3-9-17-13)15-7-1-4-11(15)5-2-8-16/h3,6,9,11-12,16H,1-2,4-5,7-8,10,14H2. The van der Waals surface area contributed by atoms with Crippen molar-refractivity contribution < 1.29 is 5.11 Å².